The van der Waals surface area contributed by atoms with E-state index in [-0.39, 0.29) is 5.69 Å². The van der Waals surface area contributed by atoms with Gasteiger partial charge in [0.1, 0.15) is 11.3 Å². The predicted molar refractivity (Wildman–Crippen MR) is 69.4 cm³/mol. The lowest BCUT2D eigenvalue weighted by atomic mass is 10.1. The van der Waals surface area contributed by atoms with Crippen molar-refractivity contribution in [1.82, 2.24) is 0 Å². The first kappa shape index (κ1) is 10.2. The van der Waals surface area contributed by atoms with E-state index in [1.165, 1.54) is 0 Å². The molecule has 0 fully saturated rings. The maximum Gasteiger partial charge on any atom is 0.359 e. The average molecular weight is 246 g/mol. The second kappa shape index (κ2) is 3.50. The number of fused-ring (bicyclic) bond motifs is 3. The van der Waals surface area contributed by atoms with Gasteiger partial charge >= 0.3 is 5.63 Å². The van der Waals surface area contributed by atoms with Crippen molar-refractivity contribution in [2.45, 2.75) is 0 Å². The van der Waals surface area contributed by atoms with E-state index < -0.39 is 5.63 Å². The third-order valence-electron chi connectivity index (χ3n) is 2.71. The molecular formula is C13H8ClNO2. The van der Waals surface area contributed by atoms with Gasteiger partial charge in [-0.25, -0.2) is 4.79 Å². The van der Waals surface area contributed by atoms with Crippen LogP contribution in [0.2, 0.25) is 5.02 Å². The minimum Gasteiger partial charge on any atom is -0.421 e. The summed E-state index contributed by atoms with van der Waals surface area (Å²) in [5.74, 6) is 0. The van der Waals surface area contributed by atoms with Gasteiger partial charge in [0, 0.05) is 21.2 Å². The van der Waals surface area contributed by atoms with Crippen LogP contribution < -0.4 is 11.4 Å². The van der Waals surface area contributed by atoms with E-state index in [0.717, 1.165) is 16.2 Å². The van der Waals surface area contributed by atoms with Crippen molar-refractivity contribution in [3.63, 3.8) is 0 Å². The molecule has 0 bridgehead atoms. The Morgan fingerprint density at radius 2 is 1.82 bits per heavy atom. The summed E-state index contributed by atoms with van der Waals surface area (Å²) in [5, 5.41) is 3.01. The molecule has 0 aliphatic carbocycles. The fraction of sp³-hybridized carbons (Fsp3) is 0. The minimum absolute atomic E-state index is 0.0869. The number of anilines is 1. The van der Waals surface area contributed by atoms with Crippen LogP contribution in [-0.2, 0) is 0 Å². The molecule has 0 amide bonds. The Hall–Kier alpha value is -2.00. The molecule has 3 aromatic rings. The summed E-state index contributed by atoms with van der Waals surface area (Å²) >= 11 is 6.17. The zero-order valence-corrected chi connectivity index (χ0v) is 9.49. The van der Waals surface area contributed by atoms with Crippen LogP contribution in [-0.4, -0.2) is 0 Å². The van der Waals surface area contributed by atoms with Crippen molar-refractivity contribution in [2.75, 3.05) is 5.73 Å². The molecule has 0 saturated heterocycles. The van der Waals surface area contributed by atoms with E-state index in [4.69, 9.17) is 21.8 Å². The molecule has 17 heavy (non-hydrogen) atoms. The van der Waals surface area contributed by atoms with Crippen molar-refractivity contribution in [1.29, 1.82) is 0 Å². The highest BCUT2D eigenvalue weighted by atomic mass is 35.5. The SMILES string of the molecule is Nc1cc2cc(Cl)c3ccccc3c2oc1=O. The number of nitrogen functional groups attached to an aromatic ring is 1. The fourth-order valence-corrected chi connectivity index (χ4v) is 2.21. The highest BCUT2D eigenvalue weighted by molar-refractivity contribution is 6.37. The first-order valence-corrected chi connectivity index (χ1v) is 5.45. The van der Waals surface area contributed by atoms with Crippen LogP contribution in [0.25, 0.3) is 21.7 Å². The molecular weight excluding hydrogens is 238 g/mol. The molecule has 3 nitrogen and oxygen atoms in total. The van der Waals surface area contributed by atoms with Gasteiger partial charge in [-0.05, 0) is 12.1 Å². The van der Waals surface area contributed by atoms with Crippen LogP contribution in [0, 0.1) is 0 Å². The Bertz CT molecular complexity index is 792. The number of halogens is 1. The van der Waals surface area contributed by atoms with E-state index >= 15 is 0 Å². The summed E-state index contributed by atoms with van der Waals surface area (Å²) in [6.07, 6.45) is 0. The van der Waals surface area contributed by atoms with Crippen molar-refractivity contribution in [3.8, 4) is 0 Å². The summed E-state index contributed by atoms with van der Waals surface area (Å²) in [6, 6.07) is 10.8. The van der Waals surface area contributed by atoms with Crippen molar-refractivity contribution in [2.24, 2.45) is 0 Å². The topological polar surface area (TPSA) is 56.2 Å². The summed E-state index contributed by atoms with van der Waals surface area (Å²) in [4.78, 5) is 11.4. The fourth-order valence-electron chi connectivity index (χ4n) is 1.92. The lowest BCUT2D eigenvalue weighted by molar-refractivity contribution is 0.567. The third-order valence-corrected chi connectivity index (χ3v) is 3.03. The van der Waals surface area contributed by atoms with Crippen LogP contribution in [0.5, 0.6) is 0 Å². The molecule has 2 aromatic carbocycles. The maximum absolute atomic E-state index is 11.4. The van der Waals surface area contributed by atoms with Gasteiger partial charge in [0.2, 0.25) is 0 Å². The predicted octanol–water partition coefficient (Wildman–Crippen LogP) is 3.18. The number of rotatable bonds is 0. The van der Waals surface area contributed by atoms with Gasteiger partial charge in [0.15, 0.2) is 0 Å². The van der Waals surface area contributed by atoms with Crippen LogP contribution in [0.1, 0.15) is 0 Å². The number of benzene rings is 2. The van der Waals surface area contributed by atoms with E-state index in [1.807, 2.05) is 24.3 Å². The molecule has 4 heteroatoms. The van der Waals surface area contributed by atoms with Crippen molar-refractivity contribution in [3.05, 3.63) is 51.8 Å². The van der Waals surface area contributed by atoms with Gasteiger partial charge < -0.3 is 10.2 Å². The molecule has 0 spiro atoms. The summed E-state index contributed by atoms with van der Waals surface area (Å²) in [5.41, 5.74) is 5.61. The lowest BCUT2D eigenvalue weighted by Gasteiger charge is -2.04. The van der Waals surface area contributed by atoms with Crippen molar-refractivity contribution < 1.29 is 4.42 Å². The van der Waals surface area contributed by atoms with Crippen LogP contribution in [0.15, 0.2) is 45.6 Å². The molecule has 84 valence electrons. The Balaban J connectivity index is 2.63. The minimum atomic E-state index is -0.523. The molecule has 1 heterocycles. The monoisotopic (exact) mass is 245 g/mol. The largest absolute Gasteiger partial charge is 0.421 e. The molecule has 2 N–H and O–H groups in total. The third kappa shape index (κ3) is 1.47. The quantitative estimate of drug-likeness (QED) is 0.489. The van der Waals surface area contributed by atoms with Gasteiger partial charge in [-0.1, -0.05) is 35.9 Å². The standard InChI is InChI=1S/C13H8ClNO2/c14-10-5-7-6-11(15)13(16)17-12(7)9-4-2-1-3-8(9)10/h1-6H,15H2. The average Bonchev–Trinajstić information content (AvgIpc) is 2.32. The first-order valence-electron chi connectivity index (χ1n) is 5.07. The Morgan fingerprint density at radius 3 is 2.59 bits per heavy atom. The molecule has 0 radical (unpaired) electrons. The lowest BCUT2D eigenvalue weighted by Crippen LogP contribution is -2.05. The normalized spacial score (nSPS) is 11.1. The zero-order chi connectivity index (χ0) is 12.0. The highest BCUT2D eigenvalue weighted by Gasteiger charge is 2.08. The van der Waals surface area contributed by atoms with Gasteiger partial charge in [-0.3, -0.25) is 0 Å². The molecule has 0 saturated carbocycles. The van der Waals surface area contributed by atoms with E-state index in [9.17, 15) is 4.79 Å². The molecule has 0 unspecified atom stereocenters. The molecule has 0 atom stereocenters. The Kier molecular flexibility index (Phi) is 2.09. The van der Waals surface area contributed by atoms with E-state index in [1.54, 1.807) is 12.1 Å². The van der Waals surface area contributed by atoms with Gasteiger partial charge in [0.05, 0.1) is 0 Å². The Labute approximate surface area is 101 Å². The van der Waals surface area contributed by atoms with Crippen molar-refractivity contribution >= 4 is 39.0 Å². The van der Waals surface area contributed by atoms with Gasteiger partial charge in [0.25, 0.3) is 0 Å². The van der Waals surface area contributed by atoms with Crippen LogP contribution >= 0.6 is 11.6 Å². The van der Waals surface area contributed by atoms with E-state index in [2.05, 4.69) is 0 Å². The van der Waals surface area contributed by atoms with Crippen LogP contribution in [0.3, 0.4) is 0 Å². The molecule has 0 aliphatic rings. The van der Waals surface area contributed by atoms with Gasteiger partial charge in [-0.2, -0.15) is 0 Å². The zero-order valence-electron chi connectivity index (χ0n) is 8.74. The second-order valence-electron chi connectivity index (χ2n) is 3.81. The summed E-state index contributed by atoms with van der Waals surface area (Å²) < 4.78 is 5.22. The number of hydrogen-bond acceptors (Lipinski definition) is 3. The maximum atomic E-state index is 11.4. The summed E-state index contributed by atoms with van der Waals surface area (Å²) in [6.45, 7) is 0. The highest BCUT2D eigenvalue weighted by Crippen LogP contribution is 2.31. The number of hydrogen-bond donors (Lipinski definition) is 1. The second-order valence-corrected chi connectivity index (χ2v) is 4.22. The van der Waals surface area contributed by atoms with Crippen LogP contribution in [0.4, 0.5) is 5.69 Å². The summed E-state index contributed by atoms with van der Waals surface area (Å²) in [7, 11) is 0. The molecule has 1 aromatic heterocycles. The van der Waals surface area contributed by atoms with E-state index in [0.29, 0.717) is 10.6 Å². The molecule has 0 aliphatic heterocycles. The first-order chi connectivity index (χ1) is 8.16. The Morgan fingerprint density at radius 1 is 1.12 bits per heavy atom. The van der Waals surface area contributed by atoms with Gasteiger partial charge in [-0.15, -0.1) is 0 Å². The molecule has 3 rings (SSSR count). The smallest absolute Gasteiger partial charge is 0.359 e. The number of nitrogens with two attached hydrogens (primary N) is 1.